The largest absolute Gasteiger partial charge is 0.459 e. The third-order valence-corrected chi connectivity index (χ3v) is 12.3. The Morgan fingerprint density at radius 3 is 2.03 bits per heavy atom. The monoisotopic (exact) mass is 871 g/mol. The van der Waals surface area contributed by atoms with Crippen molar-refractivity contribution in [3.63, 3.8) is 0 Å². The highest BCUT2D eigenvalue weighted by atomic mass is 16.5. The number of nitrogens with zero attached hydrogens (tertiary/aromatic N) is 2. The van der Waals surface area contributed by atoms with Gasteiger partial charge in [-0.05, 0) is 58.5 Å². The number of likely N-dealkylation sites (N-methyl/N-ethyl adjacent to an activating group) is 1. The standard InChI is InChI=1S/C47H65N7O9/c1-27(2)22-33(44(61)63-26-29-16-12-10-13-17-29)50-45(62)52-39(46(3,4)5)43(60)54-25-31-35(47(31,6)7)37(54)40(57)49-32(23-28-20-21-28)38(56)41(58)48-24-34(55)51-36(42(59)53(8)9)30-18-14-11-15-19-30/h10-19,27-28,31-33,35-37,39H,20-26H2,1-9H3,(H,48,58)(H,49,57)(H,51,55)(H2,50,52,62)/t31-,32?,33?,35?,36-,37-,39+/m0/s1. The molecule has 0 aromatic heterocycles. The van der Waals surface area contributed by atoms with Gasteiger partial charge in [-0.3, -0.25) is 28.8 Å². The first-order valence-corrected chi connectivity index (χ1v) is 21.9. The molecule has 16 heteroatoms. The maximum Gasteiger partial charge on any atom is 0.329 e. The lowest BCUT2D eigenvalue weighted by atomic mass is 9.85. The second-order valence-corrected chi connectivity index (χ2v) is 19.5. The highest BCUT2D eigenvalue weighted by Gasteiger charge is 2.70. The van der Waals surface area contributed by atoms with E-state index in [1.165, 1.54) is 9.80 Å². The summed E-state index contributed by atoms with van der Waals surface area (Å²) >= 11 is 0. The van der Waals surface area contributed by atoms with E-state index < -0.39 is 83.6 Å². The summed E-state index contributed by atoms with van der Waals surface area (Å²) in [5.74, 6) is -4.92. The molecule has 0 bridgehead atoms. The van der Waals surface area contributed by atoms with Crippen LogP contribution in [0.5, 0.6) is 0 Å². The van der Waals surface area contributed by atoms with Crippen LogP contribution in [0, 0.1) is 34.5 Å². The number of ether oxygens (including phenoxy) is 1. The molecule has 2 aromatic rings. The van der Waals surface area contributed by atoms with E-state index in [0.717, 1.165) is 18.4 Å². The summed E-state index contributed by atoms with van der Waals surface area (Å²) in [4.78, 5) is 112. The molecule has 63 heavy (non-hydrogen) atoms. The van der Waals surface area contributed by atoms with Gasteiger partial charge in [-0.25, -0.2) is 9.59 Å². The zero-order chi connectivity index (χ0) is 46.4. The SMILES string of the molecule is CC(C)CC(NC(=O)N[C@H](C(=O)N1C[C@H]2C([C@H]1C(=O)NC(CC1CC1)C(=O)C(=O)NCC(=O)N[C@H](C(=O)N(C)C)c1ccccc1)C2(C)C)C(C)(C)C)C(=O)OCc1ccccc1. The molecule has 5 rings (SSSR count). The maximum atomic E-state index is 14.6. The average Bonchev–Trinajstić information content (AvgIpc) is 4.09. The third kappa shape index (κ3) is 12.4. The molecule has 5 N–H and O–H groups in total. The van der Waals surface area contributed by atoms with Crippen molar-refractivity contribution in [3.05, 3.63) is 71.8 Å². The van der Waals surface area contributed by atoms with Gasteiger partial charge in [-0.1, -0.05) is 122 Å². The zero-order valence-corrected chi connectivity index (χ0v) is 38.0. The van der Waals surface area contributed by atoms with E-state index in [2.05, 4.69) is 26.6 Å². The van der Waals surface area contributed by atoms with Crippen molar-refractivity contribution >= 4 is 47.3 Å². The van der Waals surface area contributed by atoms with Crippen LogP contribution in [0.1, 0.15) is 91.3 Å². The van der Waals surface area contributed by atoms with Gasteiger partial charge in [0.1, 0.15) is 30.8 Å². The van der Waals surface area contributed by atoms with Gasteiger partial charge in [0.2, 0.25) is 29.4 Å². The van der Waals surface area contributed by atoms with Crippen LogP contribution in [0.15, 0.2) is 60.7 Å². The van der Waals surface area contributed by atoms with Crippen molar-refractivity contribution in [1.82, 2.24) is 36.4 Å². The summed E-state index contributed by atoms with van der Waals surface area (Å²) in [7, 11) is 3.12. The molecule has 16 nitrogen and oxygen atoms in total. The van der Waals surface area contributed by atoms with Gasteiger partial charge in [-0.15, -0.1) is 0 Å². The summed E-state index contributed by atoms with van der Waals surface area (Å²) in [6.07, 6.45) is 2.13. The fourth-order valence-corrected chi connectivity index (χ4v) is 8.46. The molecule has 3 fully saturated rings. The number of nitrogens with one attached hydrogen (secondary N) is 5. The number of Topliss-reactive ketones (excluding diaryl/α,β-unsaturated/α-hetero) is 1. The van der Waals surface area contributed by atoms with E-state index in [4.69, 9.17) is 4.74 Å². The molecule has 2 aliphatic carbocycles. The van der Waals surface area contributed by atoms with Gasteiger partial charge in [0.05, 0.1) is 12.6 Å². The summed E-state index contributed by atoms with van der Waals surface area (Å²) in [6.45, 7) is 12.9. The number of ketones is 1. The number of carbonyl (C=O) groups is 8. The van der Waals surface area contributed by atoms with Crippen LogP contribution in [0.3, 0.4) is 0 Å². The fraction of sp³-hybridized carbons (Fsp3) is 0.574. The molecule has 1 heterocycles. The smallest absolute Gasteiger partial charge is 0.329 e. The molecule has 7 amide bonds. The molecule has 0 spiro atoms. The minimum atomic E-state index is -1.22. The highest BCUT2D eigenvalue weighted by molar-refractivity contribution is 6.38. The second-order valence-electron chi connectivity index (χ2n) is 19.5. The minimum Gasteiger partial charge on any atom is -0.459 e. The fourth-order valence-electron chi connectivity index (χ4n) is 8.46. The van der Waals surface area contributed by atoms with Crippen LogP contribution in [0.4, 0.5) is 4.79 Å². The number of piperidine rings is 1. The normalized spacial score (nSPS) is 20.5. The Hall–Kier alpha value is -5.80. The molecule has 1 aliphatic heterocycles. The van der Waals surface area contributed by atoms with Gasteiger partial charge >= 0.3 is 12.0 Å². The van der Waals surface area contributed by atoms with Gasteiger partial charge in [0.25, 0.3) is 5.91 Å². The van der Waals surface area contributed by atoms with Crippen LogP contribution in [0.25, 0.3) is 0 Å². The van der Waals surface area contributed by atoms with Crippen molar-refractivity contribution in [2.24, 2.45) is 34.5 Å². The quantitative estimate of drug-likeness (QED) is 0.103. The summed E-state index contributed by atoms with van der Waals surface area (Å²) in [5.41, 5.74) is 0.202. The van der Waals surface area contributed by atoms with Gasteiger partial charge in [-0.2, -0.15) is 0 Å². The van der Waals surface area contributed by atoms with E-state index in [9.17, 15) is 38.4 Å². The maximum absolute atomic E-state index is 14.6. The minimum absolute atomic E-state index is 0.0254. The summed E-state index contributed by atoms with van der Waals surface area (Å²) < 4.78 is 5.55. The number of esters is 1. The van der Waals surface area contributed by atoms with Crippen molar-refractivity contribution < 1.29 is 43.1 Å². The number of hydrogen-bond donors (Lipinski definition) is 5. The lowest BCUT2D eigenvalue weighted by Crippen LogP contribution is -2.62. The number of amides is 7. The van der Waals surface area contributed by atoms with Crippen LogP contribution in [-0.2, 0) is 44.9 Å². The van der Waals surface area contributed by atoms with E-state index in [1.54, 1.807) is 65.2 Å². The van der Waals surface area contributed by atoms with Crippen LogP contribution in [0.2, 0.25) is 0 Å². The number of carbonyl (C=O) groups excluding carboxylic acids is 8. The molecule has 1 saturated heterocycles. The predicted molar refractivity (Wildman–Crippen MR) is 234 cm³/mol. The topological polar surface area (TPSA) is 212 Å². The van der Waals surface area contributed by atoms with E-state index >= 15 is 0 Å². The molecule has 342 valence electrons. The molecule has 2 aromatic carbocycles. The summed E-state index contributed by atoms with van der Waals surface area (Å²) in [5, 5.41) is 13.3. The molecule has 3 aliphatic rings. The summed E-state index contributed by atoms with van der Waals surface area (Å²) in [6, 6.07) is 11.7. The Balaban J connectivity index is 1.26. The Bertz CT molecular complexity index is 2010. The Labute approximate surface area is 370 Å². The number of likely N-dealkylation sites (tertiary alicyclic amines) is 1. The average molecular weight is 872 g/mol. The molecule has 0 radical (unpaired) electrons. The Morgan fingerprint density at radius 2 is 1.46 bits per heavy atom. The number of urea groups is 1. The van der Waals surface area contributed by atoms with Crippen molar-refractivity contribution in [2.75, 3.05) is 27.2 Å². The van der Waals surface area contributed by atoms with Gasteiger partial charge in [0, 0.05) is 20.6 Å². The predicted octanol–water partition coefficient (Wildman–Crippen LogP) is 3.26. The molecular formula is C47H65N7O9. The van der Waals surface area contributed by atoms with Crippen molar-refractivity contribution in [3.8, 4) is 0 Å². The highest BCUT2D eigenvalue weighted by Crippen LogP contribution is 2.65. The second kappa shape index (κ2) is 20.1. The van der Waals surface area contributed by atoms with Gasteiger partial charge < -0.3 is 41.1 Å². The lowest BCUT2D eigenvalue weighted by molar-refractivity contribution is -0.147. The van der Waals surface area contributed by atoms with Crippen LogP contribution in [-0.4, -0.2) is 108 Å². The van der Waals surface area contributed by atoms with E-state index in [1.807, 2.05) is 58.0 Å². The lowest BCUT2D eigenvalue weighted by Gasteiger charge is -2.38. The first kappa shape index (κ1) is 48.2. The Kier molecular flexibility index (Phi) is 15.4. The molecule has 2 saturated carbocycles. The third-order valence-electron chi connectivity index (χ3n) is 12.3. The number of benzene rings is 2. The van der Waals surface area contributed by atoms with E-state index in [0.29, 0.717) is 12.0 Å². The zero-order valence-electron chi connectivity index (χ0n) is 38.0. The number of fused-ring (bicyclic) bond motifs is 1. The first-order chi connectivity index (χ1) is 29.6. The van der Waals surface area contributed by atoms with Crippen LogP contribution >= 0.6 is 0 Å². The van der Waals surface area contributed by atoms with Crippen LogP contribution < -0.4 is 26.6 Å². The Morgan fingerprint density at radius 1 is 0.841 bits per heavy atom. The van der Waals surface area contributed by atoms with E-state index in [-0.39, 0.29) is 54.6 Å². The molecular weight excluding hydrogens is 807 g/mol. The number of hydrogen-bond acceptors (Lipinski definition) is 9. The van der Waals surface area contributed by atoms with Crippen molar-refractivity contribution in [1.29, 1.82) is 0 Å². The van der Waals surface area contributed by atoms with Crippen molar-refractivity contribution in [2.45, 2.75) is 111 Å². The molecule has 3 unspecified atom stereocenters. The number of rotatable bonds is 19. The molecule has 7 atom stereocenters. The first-order valence-electron chi connectivity index (χ1n) is 21.9. The van der Waals surface area contributed by atoms with Gasteiger partial charge in [0.15, 0.2) is 0 Å².